The van der Waals surface area contributed by atoms with Gasteiger partial charge in [-0.25, -0.2) is 14.8 Å². The first-order chi connectivity index (χ1) is 15.0. The summed E-state index contributed by atoms with van der Waals surface area (Å²) in [5, 5.41) is 3.25. The summed E-state index contributed by atoms with van der Waals surface area (Å²) in [5.41, 5.74) is 4.51. The van der Waals surface area contributed by atoms with Crippen LogP contribution in [0.5, 0.6) is 0 Å². The second-order valence-electron chi connectivity index (χ2n) is 8.92. The number of nitrogens with zero attached hydrogens (tertiary/aromatic N) is 4. The first-order valence-corrected chi connectivity index (χ1v) is 11.8. The van der Waals surface area contributed by atoms with Crippen molar-refractivity contribution >= 4 is 11.8 Å². The number of benzene rings is 1. The largest absolute Gasteiger partial charge is 0.353 e. The number of nitrogens with one attached hydrogen (secondary N) is 1. The van der Waals surface area contributed by atoms with Gasteiger partial charge in [0, 0.05) is 49.0 Å². The van der Waals surface area contributed by atoms with E-state index in [4.69, 9.17) is 9.97 Å². The van der Waals surface area contributed by atoms with Gasteiger partial charge in [0.05, 0.1) is 0 Å². The zero-order valence-electron chi connectivity index (χ0n) is 19.2. The van der Waals surface area contributed by atoms with E-state index in [2.05, 4.69) is 55.3 Å². The maximum absolute atomic E-state index is 12.7. The third-order valence-corrected chi connectivity index (χ3v) is 6.62. The molecule has 2 aliphatic rings. The number of amides is 2. The molecule has 1 aromatic carbocycles. The lowest BCUT2D eigenvalue weighted by molar-refractivity contribution is 0.186. The maximum Gasteiger partial charge on any atom is 0.317 e. The average molecular weight is 422 g/mol. The number of hydrogen-bond acceptors (Lipinski definition) is 4. The SMILES string of the molecule is CCc1c(C)nc(-c2cccc(C)c2)nc1N1CCN(C(=O)NC2CCCCC2)CC1. The first kappa shape index (κ1) is 21.6. The Morgan fingerprint density at radius 1 is 1.06 bits per heavy atom. The molecule has 2 aromatic rings. The van der Waals surface area contributed by atoms with Gasteiger partial charge in [-0.15, -0.1) is 0 Å². The van der Waals surface area contributed by atoms with Gasteiger partial charge in [-0.2, -0.15) is 0 Å². The molecule has 1 saturated heterocycles. The summed E-state index contributed by atoms with van der Waals surface area (Å²) >= 11 is 0. The third kappa shape index (κ3) is 5.00. The van der Waals surface area contributed by atoms with Gasteiger partial charge in [-0.3, -0.25) is 0 Å². The normalized spacial score (nSPS) is 17.6. The van der Waals surface area contributed by atoms with E-state index in [1.165, 1.54) is 30.4 Å². The number of carbonyl (C=O) groups excluding carboxylic acids is 1. The minimum absolute atomic E-state index is 0.0987. The topological polar surface area (TPSA) is 61.4 Å². The molecule has 1 aromatic heterocycles. The number of aromatic nitrogens is 2. The Morgan fingerprint density at radius 2 is 1.81 bits per heavy atom. The van der Waals surface area contributed by atoms with E-state index in [0.29, 0.717) is 6.04 Å². The Hall–Kier alpha value is -2.63. The number of rotatable bonds is 4. The van der Waals surface area contributed by atoms with Crippen molar-refractivity contribution in [2.45, 2.75) is 65.3 Å². The molecule has 166 valence electrons. The van der Waals surface area contributed by atoms with Crippen LogP contribution in [0.3, 0.4) is 0 Å². The van der Waals surface area contributed by atoms with Crippen LogP contribution in [0, 0.1) is 13.8 Å². The van der Waals surface area contributed by atoms with E-state index in [1.54, 1.807) is 0 Å². The van der Waals surface area contributed by atoms with Crippen LogP contribution in [-0.2, 0) is 6.42 Å². The molecule has 2 amide bonds. The van der Waals surface area contributed by atoms with Gasteiger partial charge in [-0.1, -0.05) is 49.9 Å². The molecule has 4 rings (SSSR count). The van der Waals surface area contributed by atoms with Crippen LogP contribution >= 0.6 is 0 Å². The van der Waals surface area contributed by atoms with E-state index in [0.717, 1.165) is 68.3 Å². The fourth-order valence-corrected chi connectivity index (χ4v) is 4.80. The monoisotopic (exact) mass is 421 g/mol. The van der Waals surface area contributed by atoms with E-state index in [9.17, 15) is 4.79 Å². The number of urea groups is 1. The Balaban J connectivity index is 1.47. The highest BCUT2D eigenvalue weighted by Crippen LogP contribution is 2.27. The fourth-order valence-electron chi connectivity index (χ4n) is 4.80. The molecule has 0 radical (unpaired) electrons. The highest BCUT2D eigenvalue weighted by molar-refractivity contribution is 5.75. The van der Waals surface area contributed by atoms with Crippen LogP contribution in [0.2, 0.25) is 0 Å². The first-order valence-electron chi connectivity index (χ1n) is 11.8. The van der Waals surface area contributed by atoms with Gasteiger partial charge in [0.25, 0.3) is 0 Å². The predicted molar refractivity (Wildman–Crippen MR) is 126 cm³/mol. The predicted octanol–water partition coefficient (Wildman–Crippen LogP) is 4.49. The van der Waals surface area contributed by atoms with Crippen LogP contribution in [-0.4, -0.2) is 53.1 Å². The fraction of sp³-hybridized carbons (Fsp3) is 0.560. The van der Waals surface area contributed by atoms with Gasteiger partial charge >= 0.3 is 6.03 Å². The molecule has 1 aliphatic carbocycles. The average Bonchev–Trinajstić information content (AvgIpc) is 2.79. The van der Waals surface area contributed by atoms with Gasteiger partial charge in [-0.05, 0) is 39.2 Å². The van der Waals surface area contributed by atoms with Crippen molar-refractivity contribution in [1.82, 2.24) is 20.2 Å². The molecule has 0 spiro atoms. The van der Waals surface area contributed by atoms with E-state index in [-0.39, 0.29) is 6.03 Å². The number of carbonyl (C=O) groups is 1. The minimum atomic E-state index is 0.0987. The molecule has 1 aliphatic heterocycles. The molecule has 1 N–H and O–H groups in total. The molecule has 0 bridgehead atoms. The number of piperazine rings is 1. The molecule has 0 unspecified atom stereocenters. The summed E-state index contributed by atoms with van der Waals surface area (Å²) in [6, 6.07) is 8.81. The summed E-state index contributed by atoms with van der Waals surface area (Å²) in [7, 11) is 0. The van der Waals surface area contributed by atoms with Crippen molar-refractivity contribution < 1.29 is 4.79 Å². The molecule has 0 atom stereocenters. The second kappa shape index (κ2) is 9.67. The molecule has 2 heterocycles. The minimum Gasteiger partial charge on any atom is -0.353 e. The highest BCUT2D eigenvalue weighted by atomic mass is 16.2. The summed E-state index contributed by atoms with van der Waals surface area (Å²) < 4.78 is 0. The van der Waals surface area contributed by atoms with E-state index >= 15 is 0 Å². The van der Waals surface area contributed by atoms with Crippen LogP contribution in [0.1, 0.15) is 55.8 Å². The molecule has 31 heavy (non-hydrogen) atoms. The summed E-state index contributed by atoms with van der Waals surface area (Å²) in [4.78, 5) is 26.8. The van der Waals surface area contributed by atoms with Gasteiger partial charge in [0.15, 0.2) is 5.82 Å². The highest BCUT2D eigenvalue weighted by Gasteiger charge is 2.26. The molecule has 2 fully saturated rings. The van der Waals surface area contributed by atoms with Crippen LogP contribution in [0.25, 0.3) is 11.4 Å². The molecule has 6 heteroatoms. The standard InChI is InChI=1S/C25H35N5O/c1-4-22-19(3)26-23(20-10-8-9-18(2)17-20)28-24(22)29-13-15-30(16-14-29)25(31)27-21-11-6-5-7-12-21/h8-10,17,21H,4-7,11-16H2,1-3H3,(H,27,31). The lowest BCUT2D eigenvalue weighted by Gasteiger charge is -2.37. The van der Waals surface area contributed by atoms with Crippen molar-refractivity contribution in [3.8, 4) is 11.4 Å². The zero-order chi connectivity index (χ0) is 21.8. The lowest BCUT2D eigenvalue weighted by atomic mass is 9.96. The van der Waals surface area contributed by atoms with E-state index in [1.807, 2.05) is 4.90 Å². The van der Waals surface area contributed by atoms with Crippen LogP contribution in [0.4, 0.5) is 10.6 Å². The number of anilines is 1. The quantitative estimate of drug-likeness (QED) is 0.790. The van der Waals surface area contributed by atoms with Crippen molar-refractivity contribution in [2.75, 3.05) is 31.1 Å². The molecular formula is C25H35N5O. The van der Waals surface area contributed by atoms with Gasteiger partial charge in [0.2, 0.25) is 0 Å². The van der Waals surface area contributed by atoms with Crippen molar-refractivity contribution in [3.05, 3.63) is 41.1 Å². The molecular weight excluding hydrogens is 386 g/mol. The van der Waals surface area contributed by atoms with Crippen molar-refractivity contribution in [1.29, 1.82) is 0 Å². The lowest BCUT2D eigenvalue weighted by Crippen LogP contribution is -2.54. The van der Waals surface area contributed by atoms with Crippen LogP contribution in [0.15, 0.2) is 24.3 Å². The number of hydrogen-bond donors (Lipinski definition) is 1. The maximum atomic E-state index is 12.7. The number of aryl methyl sites for hydroxylation is 2. The van der Waals surface area contributed by atoms with Crippen LogP contribution < -0.4 is 10.2 Å². The van der Waals surface area contributed by atoms with Gasteiger partial charge < -0.3 is 15.1 Å². The third-order valence-electron chi connectivity index (χ3n) is 6.62. The Bertz CT molecular complexity index is 914. The molecule has 6 nitrogen and oxygen atoms in total. The zero-order valence-corrected chi connectivity index (χ0v) is 19.2. The van der Waals surface area contributed by atoms with Crippen molar-refractivity contribution in [2.24, 2.45) is 0 Å². The summed E-state index contributed by atoms with van der Waals surface area (Å²) in [6.07, 6.45) is 6.90. The molecule has 1 saturated carbocycles. The van der Waals surface area contributed by atoms with Gasteiger partial charge in [0.1, 0.15) is 5.82 Å². The summed E-state index contributed by atoms with van der Waals surface area (Å²) in [6.45, 7) is 9.39. The second-order valence-corrected chi connectivity index (χ2v) is 8.92. The Labute approximate surface area is 186 Å². The smallest absolute Gasteiger partial charge is 0.317 e. The van der Waals surface area contributed by atoms with Crippen molar-refractivity contribution in [3.63, 3.8) is 0 Å². The van der Waals surface area contributed by atoms with E-state index < -0.39 is 0 Å². The Morgan fingerprint density at radius 3 is 2.48 bits per heavy atom. The summed E-state index contributed by atoms with van der Waals surface area (Å²) in [5.74, 6) is 1.81. The Kier molecular flexibility index (Phi) is 6.73.